The molecular formula is C14H15ClFNO2S. The minimum absolute atomic E-state index is 0.188. The molecule has 0 bridgehead atoms. The Morgan fingerprint density at radius 1 is 1.40 bits per heavy atom. The van der Waals surface area contributed by atoms with Gasteiger partial charge in [-0.05, 0) is 29.6 Å². The minimum atomic E-state index is -0.714. The lowest BCUT2D eigenvalue weighted by Crippen LogP contribution is -2.25. The highest BCUT2D eigenvalue weighted by atomic mass is 35.5. The fraction of sp³-hybridized carbons (Fsp3) is 0.286. The lowest BCUT2D eigenvalue weighted by atomic mass is 10.3. The van der Waals surface area contributed by atoms with Crippen molar-refractivity contribution in [3.8, 4) is 0 Å². The van der Waals surface area contributed by atoms with Gasteiger partial charge in [-0.2, -0.15) is 0 Å². The molecule has 1 atom stereocenters. The van der Waals surface area contributed by atoms with Crippen LogP contribution in [0.15, 0.2) is 35.7 Å². The third-order valence-corrected chi connectivity index (χ3v) is 3.68. The highest BCUT2D eigenvalue weighted by Gasteiger charge is 2.07. The monoisotopic (exact) mass is 315 g/mol. The Morgan fingerprint density at radius 3 is 3.00 bits per heavy atom. The molecule has 0 aliphatic rings. The second-order valence-corrected chi connectivity index (χ2v) is 5.72. The van der Waals surface area contributed by atoms with E-state index in [1.165, 1.54) is 18.2 Å². The Labute approximate surface area is 126 Å². The number of rotatable bonds is 7. The van der Waals surface area contributed by atoms with Gasteiger partial charge in [0, 0.05) is 16.4 Å². The Bertz CT molecular complexity index is 536. The van der Waals surface area contributed by atoms with Gasteiger partial charge >= 0.3 is 0 Å². The molecule has 0 fully saturated rings. The minimum Gasteiger partial charge on any atom is -0.389 e. The number of aliphatic hydroxyl groups excluding tert-OH is 1. The van der Waals surface area contributed by atoms with E-state index in [9.17, 15) is 9.50 Å². The topological polar surface area (TPSA) is 41.5 Å². The molecule has 2 aromatic rings. The first-order chi connectivity index (χ1) is 9.65. The number of nitrogens with one attached hydrogen (secondary N) is 1. The summed E-state index contributed by atoms with van der Waals surface area (Å²) in [5.74, 6) is -0.402. The molecule has 2 N–H and O–H groups in total. The van der Waals surface area contributed by atoms with E-state index in [0.717, 1.165) is 4.88 Å². The van der Waals surface area contributed by atoms with Gasteiger partial charge in [-0.1, -0.05) is 17.7 Å². The average molecular weight is 316 g/mol. The molecule has 6 heteroatoms. The van der Waals surface area contributed by atoms with E-state index < -0.39 is 11.9 Å². The molecule has 20 heavy (non-hydrogen) atoms. The summed E-state index contributed by atoms with van der Waals surface area (Å²) < 4.78 is 18.8. The molecule has 1 heterocycles. The summed E-state index contributed by atoms with van der Waals surface area (Å²) in [6, 6.07) is 8.16. The van der Waals surface area contributed by atoms with Gasteiger partial charge in [0.2, 0.25) is 0 Å². The number of halogens is 2. The maximum absolute atomic E-state index is 13.4. The molecule has 0 saturated heterocycles. The first-order valence-electron chi connectivity index (χ1n) is 6.12. The van der Waals surface area contributed by atoms with Crippen LogP contribution in [0, 0.1) is 5.82 Å². The fourth-order valence-corrected chi connectivity index (χ4v) is 2.42. The van der Waals surface area contributed by atoms with Crippen LogP contribution in [0.1, 0.15) is 4.88 Å². The van der Waals surface area contributed by atoms with Gasteiger partial charge in [0.25, 0.3) is 0 Å². The van der Waals surface area contributed by atoms with E-state index in [-0.39, 0.29) is 18.8 Å². The van der Waals surface area contributed by atoms with Crippen LogP contribution in [-0.4, -0.2) is 24.4 Å². The first-order valence-corrected chi connectivity index (χ1v) is 7.38. The van der Waals surface area contributed by atoms with Crippen molar-refractivity contribution >= 4 is 28.6 Å². The molecule has 1 unspecified atom stereocenters. The molecule has 3 nitrogen and oxygen atoms in total. The van der Waals surface area contributed by atoms with Crippen LogP contribution >= 0.6 is 22.9 Å². The molecule has 2 rings (SSSR count). The highest BCUT2D eigenvalue weighted by molar-refractivity contribution is 7.09. The normalized spacial score (nSPS) is 12.3. The summed E-state index contributed by atoms with van der Waals surface area (Å²) in [4.78, 5) is 1.10. The van der Waals surface area contributed by atoms with Crippen LogP contribution < -0.4 is 5.32 Å². The smallest absolute Gasteiger partial charge is 0.146 e. The van der Waals surface area contributed by atoms with Crippen molar-refractivity contribution in [2.75, 3.05) is 18.5 Å². The second-order valence-electron chi connectivity index (χ2n) is 4.25. The Kier molecular flexibility index (Phi) is 5.79. The number of ether oxygens (including phenoxy) is 1. The predicted octanol–water partition coefficient (Wildman–Crippen LogP) is 3.53. The molecular weight excluding hydrogens is 301 g/mol. The molecule has 0 spiro atoms. The summed E-state index contributed by atoms with van der Waals surface area (Å²) in [7, 11) is 0. The number of hydrogen-bond donors (Lipinski definition) is 2. The Balaban J connectivity index is 1.71. The SMILES string of the molecule is OC(CNc1cc(Cl)ccc1F)COCc1cccs1. The van der Waals surface area contributed by atoms with Gasteiger partial charge in [0.15, 0.2) is 0 Å². The number of thiophene rings is 1. The van der Waals surface area contributed by atoms with Crippen molar-refractivity contribution in [1.29, 1.82) is 0 Å². The zero-order valence-electron chi connectivity index (χ0n) is 10.7. The number of anilines is 1. The lowest BCUT2D eigenvalue weighted by Gasteiger charge is -2.13. The highest BCUT2D eigenvalue weighted by Crippen LogP contribution is 2.19. The maximum Gasteiger partial charge on any atom is 0.146 e. The van der Waals surface area contributed by atoms with Gasteiger partial charge < -0.3 is 15.2 Å². The average Bonchev–Trinajstić information content (AvgIpc) is 2.93. The fourth-order valence-electron chi connectivity index (χ4n) is 1.61. The van der Waals surface area contributed by atoms with Crippen molar-refractivity contribution in [2.45, 2.75) is 12.7 Å². The Hall–Kier alpha value is -1.14. The van der Waals surface area contributed by atoms with Crippen molar-refractivity contribution in [1.82, 2.24) is 0 Å². The summed E-state index contributed by atoms with van der Waals surface area (Å²) in [5.41, 5.74) is 0.273. The van der Waals surface area contributed by atoms with Crippen LogP contribution in [-0.2, 0) is 11.3 Å². The van der Waals surface area contributed by atoms with E-state index in [2.05, 4.69) is 5.32 Å². The van der Waals surface area contributed by atoms with Crippen molar-refractivity contribution in [3.63, 3.8) is 0 Å². The van der Waals surface area contributed by atoms with Crippen molar-refractivity contribution < 1.29 is 14.2 Å². The van der Waals surface area contributed by atoms with Gasteiger partial charge in [0.1, 0.15) is 5.82 Å². The van der Waals surface area contributed by atoms with Gasteiger partial charge in [0.05, 0.1) is 25.0 Å². The standard InChI is InChI=1S/C14H15ClFNO2S/c15-10-3-4-13(16)14(6-10)17-7-11(18)8-19-9-12-2-1-5-20-12/h1-6,11,17-18H,7-9H2. The van der Waals surface area contributed by atoms with E-state index in [0.29, 0.717) is 11.6 Å². The summed E-state index contributed by atoms with van der Waals surface area (Å²) >= 11 is 7.38. The van der Waals surface area contributed by atoms with Crippen LogP contribution in [0.3, 0.4) is 0 Å². The number of aliphatic hydroxyl groups is 1. The van der Waals surface area contributed by atoms with Crippen molar-refractivity contribution in [3.05, 3.63) is 51.4 Å². The molecule has 1 aromatic heterocycles. The lowest BCUT2D eigenvalue weighted by molar-refractivity contribution is 0.0358. The van der Waals surface area contributed by atoms with E-state index in [1.54, 1.807) is 11.3 Å². The maximum atomic E-state index is 13.4. The zero-order chi connectivity index (χ0) is 14.4. The van der Waals surface area contributed by atoms with Crippen LogP contribution in [0.4, 0.5) is 10.1 Å². The molecule has 0 aliphatic heterocycles. The third-order valence-electron chi connectivity index (χ3n) is 2.59. The summed E-state index contributed by atoms with van der Waals surface area (Å²) in [5, 5.41) is 15.0. The molecule has 0 aliphatic carbocycles. The quantitative estimate of drug-likeness (QED) is 0.821. The Morgan fingerprint density at radius 2 is 2.25 bits per heavy atom. The van der Waals surface area contributed by atoms with Crippen molar-refractivity contribution in [2.24, 2.45) is 0 Å². The third kappa shape index (κ3) is 4.76. The predicted molar refractivity (Wildman–Crippen MR) is 79.9 cm³/mol. The summed E-state index contributed by atoms with van der Waals surface area (Å²) in [6.07, 6.45) is -0.714. The van der Waals surface area contributed by atoms with E-state index in [1.807, 2.05) is 17.5 Å². The summed E-state index contributed by atoms with van der Waals surface area (Å²) in [6.45, 7) is 0.856. The van der Waals surface area contributed by atoms with Gasteiger partial charge in [-0.25, -0.2) is 4.39 Å². The van der Waals surface area contributed by atoms with Crippen LogP contribution in [0.5, 0.6) is 0 Å². The number of hydrogen-bond acceptors (Lipinski definition) is 4. The molecule has 0 saturated carbocycles. The van der Waals surface area contributed by atoms with Crippen LogP contribution in [0.25, 0.3) is 0 Å². The zero-order valence-corrected chi connectivity index (χ0v) is 12.3. The number of benzene rings is 1. The first kappa shape index (κ1) is 15.3. The van der Waals surface area contributed by atoms with Crippen LogP contribution in [0.2, 0.25) is 5.02 Å². The van der Waals surface area contributed by atoms with E-state index >= 15 is 0 Å². The van der Waals surface area contributed by atoms with Gasteiger partial charge in [-0.15, -0.1) is 11.3 Å². The molecule has 1 aromatic carbocycles. The second kappa shape index (κ2) is 7.59. The molecule has 108 valence electrons. The largest absolute Gasteiger partial charge is 0.389 e. The van der Waals surface area contributed by atoms with E-state index in [4.69, 9.17) is 16.3 Å². The van der Waals surface area contributed by atoms with Gasteiger partial charge in [-0.3, -0.25) is 0 Å². The molecule has 0 radical (unpaired) electrons. The molecule has 0 amide bonds.